The van der Waals surface area contributed by atoms with Crippen LogP contribution in [0.15, 0.2) is 23.2 Å². The van der Waals surface area contributed by atoms with Gasteiger partial charge in [0.2, 0.25) is 0 Å². The van der Waals surface area contributed by atoms with Gasteiger partial charge in [-0.3, -0.25) is 4.99 Å². The Hall–Kier alpha value is -1.16. The van der Waals surface area contributed by atoms with Crippen LogP contribution in [0.2, 0.25) is 0 Å². The van der Waals surface area contributed by atoms with Crippen LogP contribution in [0.3, 0.4) is 0 Å². The summed E-state index contributed by atoms with van der Waals surface area (Å²) < 4.78 is 5.39. The molecular weight excluding hydrogens is 220 g/mol. The lowest BCUT2D eigenvalue weighted by atomic mass is 10.1. The number of amidine groups is 1. The van der Waals surface area contributed by atoms with Crippen molar-refractivity contribution in [3.8, 4) is 5.75 Å². The van der Waals surface area contributed by atoms with E-state index in [1.807, 2.05) is 17.8 Å². The summed E-state index contributed by atoms with van der Waals surface area (Å²) in [5, 5.41) is 1.19. The van der Waals surface area contributed by atoms with E-state index in [1.54, 1.807) is 7.11 Å². The fraction of sp³-hybridized carbons (Fsp3) is 0.417. The molecule has 0 bridgehead atoms. The predicted molar refractivity (Wildman–Crippen MR) is 67.0 cm³/mol. The van der Waals surface area contributed by atoms with Gasteiger partial charge in [-0.25, -0.2) is 0 Å². The number of rotatable bonds is 1. The molecule has 0 aliphatic carbocycles. The number of methoxy groups -OCH3 is 1. The largest absolute Gasteiger partial charge is 0.496 e. The van der Waals surface area contributed by atoms with Gasteiger partial charge in [-0.05, 0) is 11.6 Å². The van der Waals surface area contributed by atoms with Crippen molar-refractivity contribution in [2.24, 2.45) is 4.99 Å². The first-order chi connectivity index (χ1) is 7.88. The average molecular weight is 234 g/mol. The molecule has 0 saturated heterocycles. The maximum absolute atomic E-state index is 5.39. The molecule has 84 valence electrons. The minimum absolute atomic E-state index is 0.936. The lowest BCUT2D eigenvalue weighted by Crippen LogP contribution is -2.21. The summed E-state index contributed by atoms with van der Waals surface area (Å²) in [6.07, 6.45) is 0. The standard InChI is InChI=1S/C12H14N2OS/c1-15-11-4-2-3-9-7-14(8-10(9)11)12-13-5-6-16-12/h2-4H,5-8H2,1H3. The van der Waals surface area contributed by atoms with Crippen LogP contribution >= 0.6 is 11.8 Å². The molecule has 4 heteroatoms. The first-order valence-corrected chi connectivity index (χ1v) is 6.44. The monoisotopic (exact) mass is 234 g/mol. The minimum Gasteiger partial charge on any atom is -0.496 e. The van der Waals surface area contributed by atoms with Crippen LogP contribution < -0.4 is 4.74 Å². The zero-order valence-corrected chi connectivity index (χ0v) is 10.1. The highest BCUT2D eigenvalue weighted by atomic mass is 32.2. The van der Waals surface area contributed by atoms with Crippen LogP contribution in [0.1, 0.15) is 11.1 Å². The Labute approximate surface area is 99.5 Å². The number of fused-ring (bicyclic) bond motifs is 1. The molecular formula is C12H14N2OS. The summed E-state index contributed by atoms with van der Waals surface area (Å²) in [5.74, 6) is 2.13. The second kappa shape index (κ2) is 4.01. The number of hydrogen-bond acceptors (Lipinski definition) is 4. The molecule has 0 fully saturated rings. The zero-order valence-electron chi connectivity index (χ0n) is 9.27. The van der Waals surface area contributed by atoms with Crippen LogP contribution in [-0.4, -0.2) is 29.5 Å². The van der Waals surface area contributed by atoms with Gasteiger partial charge < -0.3 is 9.64 Å². The molecule has 0 unspecified atom stereocenters. The van der Waals surface area contributed by atoms with Crippen LogP contribution in [0.4, 0.5) is 0 Å². The van der Waals surface area contributed by atoms with Gasteiger partial charge in [0.05, 0.1) is 13.7 Å². The number of nitrogens with zero attached hydrogens (tertiary/aromatic N) is 2. The molecule has 16 heavy (non-hydrogen) atoms. The molecule has 0 N–H and O–H groups in total. The van der Waals surface area contributed by atoms with Crippen LogP contribution in [0, 0.1) is 0 Å². The van der Waals surface area contributed by atoms with E-state index in [0.717, 1.165) is 31.1 Å². The Morgan fingerprint density at radius 3 is 3.06 bits per heavy atom. The second-order valence-electron chi connectivity index (χ2n) is 3.97. The van der Waals surface area contributed by atoms with E-state index >= 15 is 0 Å². The highest BCUT2D eigenvalue weighted by Gasteiger charge is 2.25. The molecule has 2 aliphatic heterocycles. The summed E-state index contributed by atoms with van der Waals surface area (Å²) in [6, 6.07) is 6.27. The van der Waals surface area contributed by atoms with Gasteiger partial charge >= 0.3 is 0 Å². The van der Waals surface area contributed by atoms with E-state index in [1.165, 1.54) is 16.3 Å². The van der Waals surface area contributed by atoms with E-state index in [-0.39, 0.29) is 0 Å². The Balaban J connectivity index is 1.88. The Bertz CT molecular complexity index is 445. The van der Waals surface area contributed by atoms with Crippen molar-refractivity contribution >= 4 is 16.9 Å². The number of thioether (sulfide) groups is 1. The summed E-state index contributed by atoms with van der Waals surface area (Å²) in [4.78, 5) is 6.86. The minimum atomic E-state index is 0.936. The van der Waals surface area contributed by atoms with E-state index in [9.17, 15) is 0 Å². The van der Waals surface area contributed by atoms with Crippen LogP contribution in [0.5, 0.6) is 5.75 Å². The van der Waals surface area contributed by atoms with E-state index in [4.69, 9.17) is 4.74 Å². The highest BCUT2D eigenvalue weighted by Crippen LogP contribution is 2.33. The maximum atomic E-state index is 5.39. The van der Waals surface area contributed by atoms with Crippen molar-refractivity contribution < 1.29 is 4.74 Å². The van der Waals surface area contributed by atoms with Crippen LogP contribution in [-0.2, 0) is 13.1 Å². The van der Waals surface area contributed by atoms with Crippen molar-refractivity contribution in [2.45, 2.75) is 13.1 Å². The lowest BCUT2D eigenvalue weighted by Gasteiger charge is -2.15. The van der Waals surface area contributed by atoms with Gasteiger partial charge in [0.25, 0.3) is 0 Å². The summed E-state index contributed by atoms with van der Waals surface area (Å²) >= 11 is 1.86. The molecule has 1 aromatic carbocycles. The molecule has 3 rings (SSSR count). The van der Waals surface area contributed by atoms with E-state index in [0.29, 0.717) is 0 Å². The van der Waals surface area contributed by atoms with Crippen LogP contribution in [0.25, 0.3) is 0 Å². The Kier molecular flexibility index (Phi) is 2.52. The molecule has 1 aromatic rings. The third kappa shape index (κ3) is 1.57. The van der Waals surface area contributed by atoms with Gasteiger partial charge in [-0.1, -0.05) is 23.9 Å². The predicted octanol–water partition coefficient (Wildman–Crippen LogP) is 2.11. The quantitative estimate of drug-likeness (QED) is 0.744. The number of ether oxygens (including phenoxy) is 1. The highest BCUT2D eigenvalue weighted by molar-refractivity contribution is 8.14. The molecule has 0 saturated carbocycles. The summed E-state index contributed by atoms with van der Waals surface area (Å²) in [7, 11) is 1.74. The summed E-state index contributed by atoms with van der Waals surface area (Å²) in [6.45, 7) is 2.87. The van der Waals surface area contributed by atoms with Crippen molar-refractivity contribution in [1.29, 1.82) is 0 Å². The van der Waals surface area contributed by atoms with Gasteiger partial charge in [-0.15, -0.1) is 0 Å². The average Bonchev–Trinajstić information content (AvgIpc) is 2.96. The van der Waals surface area contributed by atoms with Crippen molar-refractivity contribution in [1.82, 2.24) is 4.90 Å². The molecule has 0 radical (unpaired) electrons. The fourth-order valence-corrected chi connectivity index (χ4v) is 3.09. The summed E-state index contributed by atoms with van der Waals surface area (Å²) in [5.41, 5.74) is 2.69. The van der Waals surface area contributed by atoms with Crippen molar-refractivity contribution in [3.63, 3.8) is 0 Å². The fourth-order valence-electron chi connectivity index (χ4n) is 2.23. The third-order valence-corrected chi connectivity index (χ3v) is 4.03. The van der Waals surface area contributed by atoms with Gasteiger partial charge in [0.15, 0.2) is 5.17 Å². The molecule has 0 atom stereocenters. The smallest absolute Gasteiger partial charge is 0.159 e. The SMILES string of the molecule is COc1cccc2c1CN(C1=NCCS1)C2. The normalized spacial score (nSPS) is 18.6. The van der Waals surface area contributed by atoms with Gasteiger partial charge in [0, 0.05) is 24.4 Å². The molecule has 3 nitrogen and oxygen atoms in total. The second-order valence-corrected chi connectivity index (χ2v) is 5.03. The first-order valence-electron chi connectivity index (χ1n) is 5.45. The van der Waals surface area contributed by atoms with E-state index in [2.05, 4.69) is 22.0 Å². The lowest BCUT2D eigenvalue weighted by molar-refractivity contribution is 0.401. The molecule has 2 heterocycles. The number of aliphatic imine (C=N–C) groups is 1. The maximum Gasteiger partial charge on any atom is 0.159 e. The van der Waals surface area contributed by atoms with E-state index < -0.39 is 0 Å². The third-order valence-electron chi connectivity index (χ3n) is 3.00. The Morgan fingerprint density at radius 2 is 2.31 bits per heavy atom. The first kappa shape index (κ1) is 10.0. The van der Waals surface area contributed by atoms with Gasteiger partial charge in [0.1, 0.15) is 5.75 Å². The molecule has 2 aliphatic rings. The van der Waals surface area contributed by atoms with Gasteiger partial charge in [-0.2, -0.15) is 0 Å². The number of hydrogen-bond donors (Lipinski definition) is 0. The van der Waals surface area contributed by atoms with Crippen molar-refractivity contribution in [3.05, 3.63) is 29.3 Å². The zero-order chi connectivity index (χ0) is 11.0. The molecule has 0 amide bonds. The van der Waals surface area contributed by atoms with Crippen molar-refractivity contribution in [2.75, 3.05) is 19.4 Å². The Morgan fingerprint density at radius 1 is 1.38 bits per heavy atom. The number of benzene rings is 1. The molecule has 0 aromatic heterocycles. The molecule has 0 spiro atoms. The topological polar surface area (TPSA) is 24.8 Å².